The molecule has 0 unspecified atom stereocenters. The fourth-order valence-corrected chi connectivity index (χ4v) is 4.07. The molecule has 0 spiro atoms. The third-order valence-corrected chi connectivity index (χ3v) is 6.00. The van der Waals surface area contributed by atoms with E-state index in [4.69, 9.17) is 21.1 Å². The van der Waals surface area contributed by atoms with Crippen LogP contribution < -0.4 is 15.5 Å². The van der Waals surface area contributed by atoms with Crippen LogP contribution in [0.1, 0.15) is 24.0 Å². The van der Waals surface area contributed by atoms with Crippen LogP contribution in [0.4, 0.5) is 0 Å². The van der Waals surface area contributed by atoms with Gasteiger partial charge in [-0.25, -0.2) is 5.43 Å². The number of rotatable bonds is 11. The van der Waals surface area contributed by atoms with Crippen LogP contribution >= 0.6 is 23.4 Å². The van der Waals surface area contributed by atoms with E-state index in [1.165, 1.54) is 11.8 Å². The molecule has 2 amide bonds. The van der Waals surface area contributed by atoms with Crippen molar-refractivity contribution in [2.75, 3.05) is 25.5 Å². The van der Waals surface area contributed by atoms with E-state index in [-0.39, 0.29) is 30.3 Å². The number of carbonyl (C=O) groups is 2. The fourth-order valence-electron chi connectivity index (χ4n) is 2.96. The molecule has 1 aliphatic heterocycles. The third-order valence-electron chi connectivity index (χ3n) is 4.65. The molecule has 3 rings (SSSR count). The summed E-state index contributed by atoms with van der Waals surface area (Å²) in [5, 5.41) is 7.48. The van der Waals surface area contributed by atoms with Gasteiger partial charge in [-0.05, 0) is 54.3 Å². The van der Waals surface area contributed by atoms with Crippen molar-refractivity contribution in [1.29, 1.82) is 0 Å². The Morgan fingerprint density at radius 1 is 1.19 bits per heavy atom. The van der Waals surface area contributed by atoms with E-state index in [2.05, 4.69) is 15.8 Å². The minimum atomic E-state index is -0.188. The molecule has 2 N–H and O–H groups in total. The molecule has 170 valence electrons. The second-order valence-electron chi connectivity index (χ2n) is 7.17. The predicted molar refractivity (Wildman–Crippen MR) is 127 cm³/mol. The molecule has 0 bridgehead atoms. The lowest BCUT2D eigenvalue weighted by molar-refractivity contribution is -0.123. The zero-order valence-electron chi connectivity index (χ0n) is 17.6. The average Bonchev–Trinajstić information content (AvgIpc) is 3.32. The first-order valence-corrected chi connectivity index (χ1v) is 11.9. The average molecular weight is 476 g/mol. The number of amides is 2. The minimum absolute atomic E-state index is 0.0535. The second kappa shape index (κ2) is 13.1. The largest absolute Gasteiger partial charge is 0.484 e. The first-order valence-electron chi connectivity index (χ1n) is 10.3. The van der Waals surface area contributed by atoms with Gasteiger partial charge in [0.2, 0.25) is 5.91 Å². The van der Waals surface area contributed by atoms with Crippen LogP contribution in [0.5, 0.6) is 5.75 Å². The lowest BCUT2D eigenvalue weighted by Crippen LogP contribution is -2.35. The summed E-state index contributed by atoms with van der Waals surface area (Å²) < 4.78 is 11.0. The summed E-state index contributed by atoms with van der Waals surface area (Å²) in [5.74, 6) is 1.15. The molecule has 1 fully saturated rings. The number of nitrogens with one attached hydrogen (secondary N) is 2. The molecule has 1 aliphatic rings. The first kappa shape index (κ1) is 24.1. The van der Waals surface area contributed by atoms with Crippen LogP contribution in [-0.4, -0.2) is 49.6 Å². The maximum absolute atomic E-state index is 11.9. The second-order valence-corrected chi connectivity index (χ2v) is 8.57. The van der Waals surface area contributed by atoms with Crippen molar-refractivity contribution in [1.82, 2.24) is 10.7 Å². The van der Waals surface area contributed by atoms with Crippen molar-refractivity contribution in [3.63, 3.8) is 0 Å². The SMILES string of the molecule is O=C(COc1ccc(/C=N\NC(=O)CSCc2ccccc2Cl)cc1)NC[C@@H]1CCCO1. The van der Waals surface area contributed by atoms with Crippen LogP contribution in [0, 0.1) is 0 Å². The van der Waals surface area contributed by atoms with Gasteiger partial charge in [0.05, 0.1) is 18.1 Å². The Labute approximate surface area is 196 Å². The predicted octanol–water partition coefficient (Wildman–Crippen LogP) is 3.40. The van der Waals surface area contributed by atoms with Crippen LogP contribution in [0.25, 0.3) is 0 Å². The van der Waals surface area contributed by atoms with Crippen molar-refractivity contribution in [2.24, 2.45) is 5.10 Å². The molecule has 0 saturated carbocycles. The lowest BCUT2D eigenvalue weighted by atomic mass is 10.2. The van der Waals surface area contributed by atoms with Gasteiger partial charge >= 0.3 is 0 Å². The van der Waals surface area contributed by atoms with Gasteiger partial charge in [0.1, 0.15) is 5.75 Å². The Hall–Kier alpha value is -2.55. The highest BCUT2D eigenvalue weighted by Gasteiger charge is 2.16. The zero-order chi connectivity index (χ0) is 22.6. The maximum atomic E-state index is 11.9. The number of benzene rings is 2. The van der Waals surface area contributed by atoms with Crippen molar-refractivity contribution >= 4 is 41.4 Å². The molecule has 0 radical (unpaired) electrons. The smallest absolute Gasteiger partial charge is 0.258 e. The summed E-state index contributed by atoms with van der Waals surface area (Å²) in [6, 6.07) is 14.6. The van der Waals surface area contributed by atoms with Crippen molar-refractivity contribution < 1.29 is 19.1 Å². The molecule has 0 aliphatic carbocycles. The first-order chi connectivity index (χ1) is 15.6. The topological polar surface area (TPSA) is 89.0 Å². The number of thioether (sulfide) groups is 1. The summed E-state index contributed by atoms with van der Waals surface area (Å²) in [7, 11) is 0. The van der Waals surface area contributed by atoms with Crippen LogP contribution in [-0.2, 0) is 20.1 Å². The van der Waals surface area contributed by atoms with Gasteiger partial charge in [-0.15, -0.1) is 11.8 Å². The standard InChI is InChI=1S/C23H26ClN3O4S/c24-21-6-2-1-4-18(21)15-32-16-23(29)27-26-12-17-7-9-19(10-8-17)31-14-22(28)25-13-20-5-3-11-30-20/h1-2,4,6-10,12,20H,3,5,11,13-16H2,(H,25,28)(H,27,29)/b26-12-/t20-/m0/s1. The summed E-state index contributed by atoms with van der Waals surface area (Å²) in [5.41, 5.74) is 4.30. The molecule has 1 heterocycles. The van der Waals surface area contributed by atoms with Crippen molar-refractivity contribution in [3.8, 4) is 5.75 Å². The summed E-state index contributed by atoms with van der Waals surface area (Å²) >= 11 is 7.57. The van der Waals surface area contributed by atoms with Crippen molar-refractivity contribution in [2.45, 2.75) is 24.7 Å². The minimum Gasteiger partial charge on any atom is -0.484 e. The highest BCUT2D eigenvalue weighted by molar-refractivity contribution is 7.99. The molecule has 2 aromatic rings. The van der Waals surface area contributed by atoms with E-state index in [1.54, 1.807) is 30.5 Å². The number of carbonyl (C=O) groups excluding carboxylic acids is 2. The van der Waals surface area contributed by atoms with Crippen molar-refractivity contribution in [3.05, 3.63) is 64.7 Å². The van der Waals surface area contributed by atoms with E-state index in [0.29, 0.717) is 23.1 Å². The highest BCUT2D eigenvalue weighted by Crippen LogP contribution is 2.20. The molecule has 7 nitrogen and oxygen atoms in total. The monoisotopic (exact) mass is 475 g/mol. The number of nitrogens with zero attached hydrogens (tertiary/aromatic N) is 1. The zero-order valence-corrected chi connectivity index (χ0v) is 19.2. The lowest BCUT2D eigenvalue weighted by Gasteiger charge is -2.11. The van der Waals surface area contributed by atoms with Gasteiger partial charge in [-0.2, -0.15) is 5.10 Å². The van der Waals surface area contributed by atoms with Crippen LogP contribution in [0.2, 0.25) is 5.02 Å². The Bertz CT molecular complexity index is 918. The molecule has 1 saturated heterocycles. The van der Waals surface area contributed by atoms with Gasteiger partial charge in [-0.3, -0.25) is 9.59 Å². The molecular weight excluding hydrogens is 450 g/mol. The number of ether oxygens (including phenoxy) is 2. The number of hydrogen-bond acceptors (Lipinski definition) is 6. The van der Waals surface area contributed by atoms with Gasteiger partial charge < -0.3 is 14.8 Å². The van der Waals surface area contributed by atoms with Gasteiger partial charge in [0.15, 0.2) is 6.61 Å². The summed E-state index contributed by atoms with van der Waals surface area (Å²) in [4.78, 5) is 23.8. The Morgan fingerprint density at radius 2 is 2.00 bits per heavy atom. The molecule has 9 heteroatoms. The molecular formula is C23H26ClN3O4S. The summed E-state index contributed by atoms with van der Waals surface area (Å²) in [6.45, 7) is 1.23. The van der Waals surface area contributed by atoms with Crippen LogP contribution in [0.3, 0.4) is 0 Å². The Morgan fingerprint density at radius 3 is 2.75 bits per heavy atom. The van der Waals surface area contributed by atoms with E-state index >= 15 is 0 Å². The Kier molecular flexibility index (Phi) is 9.87. The number of hydrogen-bond donors (Lipinski definition) is 2. The Balaban J connectivity index is 1.31. The number of hydrazone groups is 1. The fraction of sp³-hybridized carbons (Fsp3) is 0.348. The number of halogens is 1. The normalized spacial score (nSPS) is 15.6. The van der Waals surface area contributed by atoms with Gasteiger partial charge in [0.25, 0.3) is 5.91 Å². The molecule has 2 aromatic carbocycles. The van der Waals surface area contributed by atoms with Gasteiger partial charge in [0, 0.05) is 23.9 Å². The van der Waals surface area contributed by atoms with E-state index < -0.39 is 0 Å². The molecule has 0 aromatic heterocycles. The quantitative estimate of drug-likeness (QED) is 0.384. The van der Waals surface area contributed by atoms with Gasteiger partial charge in [-0.1, -0.05) is 29.8 Å². The van der Waals surface area contributed by atoms with E-state index in [9.17, 15) is 9.59 Å². The highest BCUT2D eigenvalue weighted by atomic mass is 35.5. The van der Waals surface area contributed by atoms with E-state index in [0.717, 1.165) is 30.6 Å². The van der Waals surface area contributed by atoms with Crippen LogP contribution in [0.15, 0.2) is 53.6 Å². The summed E-state index contributed by atoms with van der Waals surface area (Å²) in [6.07, 6.45) is 3.68. The molecule has 32 heavy (non-hydrogen) atoms. The third kappa shape index (κ3) is 8.53. The molecule has 1 atom stereocenters. The van der Waals surface area contributed by atoms with E-state index in [1.807, 2.05) is 24.3 Å². The maximum Gasteiger partial charge on any atom is 0.258 e.